The van der Waals surface area contributed by atoms with Gasteiger partial charge in [0.2, 0.25) is 0 Å². The van der Waals surface area contributed by atoms with Crippen LogP contribution in [0.1, 0.15) is 47.2 Å². The van der Waals surface area contributed by atoms with Gasteiger partial charge < -0.3 is 36.0 Å². The number of nitrogens with two attached hydrogens (primary N) is 1. The Balaban J connectivity index is 0.000000655. The van der Waals surface area contributed by atoms with Crippen LogP contribution in [0.15, 0.2) is 30.7 Å². The second kappa shape index (κ2) is 20.4. The summed E-state index contributed by atoms with van der Waals surface area (Å²) in [5, 5.41) is 30.6. The molecule has 1 amide bonds. The molecule has 0 radical (unpaired) electrons. The molecule has 4 aromatic rings. The van der Waals surface area contributed by atoms with Crippen LogP contribution < -0.4 is 15.8 Å². The fourth-order valence-electron chi connectivity index (χ4n) is 4.36. The zero-order valence-electron chi connectivity index (χ0n) is 30.8. The maximum Gasteiger partial charge on any atom is 0.490 e. The fourth-order valence-corrected chi connectivity index (χ4v) is 4.57. The van der Waals surface area contributed by atoms with Gasteiger partial charge in [-0.25, -0.2) is 29.0 Å². The first-order valence-electron chi connectivity index (χ1n) is 15.7. The van der Waals surface area contributed by atoms with Gasteiger partial charge in [-0.1, -0.05) is 17.7 Å². The highest BCUT2D eigenvalue weighted by Crippen LogP contribution is 2.43. The molecule has 26 heteroatoms. The number of benzene rings is 1. The highest BCUT2D eigenvalue weighted by Gasteiger charge is 2.39. The van der Waals surface area contributed by atoms with E-state index in [4.69, 9.17) is 56.9 Å². The molecule has 320 valence electrons. The highest BCUT2D eigenvalue weighted by molar-refractivity contribution is 6.32. The third-order valence-corrected chi connectivity index (χ3v) is 7.34. The topological polar surface area (TPSA) is 236 Å². The molecule has 1 unspecified atom stereocenters. The maximum atomic E-state index is 12.3. The minimum atomic E-state index is -5.08. The van der Waals surface area contributed by atoms with E-state index >= 15 is 0 Å². The summed E-state index contributed by atoms with van der Waals surface area (Å²) in [6.07, 6.45) is -12.1. The van der Waals surface area contributed by atoms with Crippen LogP contribution in [0.3, 0.4) is 0 Å². The Morgan fingerprint density at radius 3 is 1.83 bits per heavy atom. The largest absolute Gasteiger partial charge is 0.493 e. The van der Waals surface area contributed by atoms with Crippen LogP contribution >= 0.6 is 11.6 Å². The summed E-state index contributed by atoms with van der Waals surface area (Å²) >= 11 is 6.77. The summed E-state index contributed by atoms with van der Waals surface area (Å²) < 4.78 is 103. The van der Waals surface area contributed by atoms with E-state index in [1.54, 1.807) is 26.4 Å². The van der Waals surface area contributed by atoms with Crippen LogP contribution in [0.2, 0.25) is 5.02 Å². The van der Waals surface area contributed by atoms with Gasteiger partial charge in [-0.15, -0.1) is 0 Å². The van der Waals surface area contributed by atoms with Crippen molar-refractivity contribution in [2.75, 3.05) is 33.5 Å². The Hall–Kier alpha value is -5.98. The summed E-state index contributed by atoms with van der Waals surface area (Å²) in [6.45, 7) is 6.84. The molecule has 0 bridgehead atoms. The Bertz CT molecular complexity index is 2020. The molecule has 0 spiro atoms. The molecular formula is C32H34ClF9N8O8. The van der Waals surface area contributed by atoms with Crippen molar-refractivity contribution >= 4 is 52.3 Å². The number of fused-ring (bicyclic) bond motifs is 1. The van der Waals surface area contributed by atoms with Gasteiger partial charge in [-0.2, -0.15) is 44.6 Å². The number of nitrogens with zero attached hydrogens (tertiary/aromatic N) is 6. The average molecular weight is 865 g/mol. The summed E-state index contributed by atoms with van der Waals surface area (Å²) in [6, 6.07) is 5.18. The Labute approximate surface area is 326 Å². The number of nitrogens with one attached hydrogen (secondary N) is 1. The fraction of sp³-hybridized carbons (Fsp3) is 0.375. The van der Waals surface area contributed by atoms with Crippen molar-refractivity contribution in [2.45, 2.75) is 51.9 Å². The molecule has 0 saturated heterocycles. The standard InChI is InChI=1S/C26H31ClN8O2.3C2HF3O2/c1-7-37-23-17(15(3)35-25-22(20(33-35)12-29-4)24(28)31-13-32-25)10-18(27)14(2)21(23)16-8-9-19(30-11-16)26(36)34(5)6;3*3-2(4,5)1(6)7/h8-11,13,15,29H,7,12H2,1-6H3,(H2,28,31,32);3*(H,6,7). The van der Waals surface area contributed by atoms with Crippen LogP contribution in [0.25, 0.3) is 22.2 Å². The van der Waals surface area contributed by atoms with E-state index in [0.29, 0.717) is 46.5 Å². The van der Waals surface area contributed by atoms with Gasteiger partial charge in [0.25, 0.3) is 5.91 Å². The molecule has 0 fully saturated rings. The van der Waals surface area contributed by atoms with Crippen molar-refractivity contribution < 1.29 is 78.7 Å². The van der Waals surface area contributed by atoms with Crippen molar-refractivity contribution in [1.29, 1.82) is 0 Å². The molecule has 3 aromatic heterocycles. The van der Waals surface area contributed by atoms with Crippen molar-refractivity contribution in [1.82, 2.24) is 34.9 Å². The number of aliphatic carboxylic acids is 3. The van der Waals surface area contributed by atoms with Crippen LogP contribution in [-0.4, -0.2) is 115 Å². The molecule has 1 atom stereocenters. The number of carbonyl (C=O) groups is 4. The molecule has 0 saturated carbocycles. The van der Waals surface area contributed by atoms with Crippen LogP contribution in [0.4, 0.5) is 45.3 Å². The number of carboxylic acids is 3. The average Bonchev–Trinajstić information content (AvgIpc) is 3.48. The first kappa shape index (κ1) is 50.0. The number of carbonyl (C=O) groups excluding carboxylic acids is 1. The zero-order valence-corrected chi connectivity index (χ0v) is 31.6. The van der Waals surface area contributed by atoms with Gasteiger partial charge in [0.15, 0.2) is 5.65 Å². The number of nitrogen functional groups attached to an aromatic ring is 1. The predicted molar refractivity (Wildman–Crippen MR) is 186 cm³/mol. The Kier molecular flexibility index (Phi) is 17.6. The van der Waals surface area contributed by atoms with Crippen molar-refractivity contribution in [3.63, 3.8) is 0 Å². The zero-order chi connectivity index (χ0) is 45.1. The van der Waals surface area contributed by atoms with Gasteiger partial charge in [-0.05, 0) is 45.5 Å². The molecular weight excluding hydrogens is 831 g/mol. The minimum absolute atomic E-state index is 0.169. The molecule has 3 heterocycles. The monoisotopic (exact) mass is 864 g/mol. The molecule has 4 rings (SSSR count). The molecule has 0 aliphatic carbocycles. The SMILES string of the molecule is CCOc1c(C(C)n2nc(CNC)c3c(N)ncnc32)cc(Cl)c(C)c1-c1ccc(C(=O)N(C)C)nc1.O=C(O)C(F)(F)F.O=C(O)C(F)(F)F.O=C(O)C(F)(F)F. The molecule has 0 aliphatic heterocycles. The number of carboxylic acid groups (broad SMARTS) is 3. The number of amides is 1. The number of halogens is 10. The molecule has 58 heavy (non-hydrogen) atoms. The van der Waals surface area contributed by atoms with E-state index in [2.05, 4.69) is 20.3 Å². The summed E-state index contributed by atoms with van der Waals surface area (Å²) in [5.41, 5.74) is 11.2. The maximum absolute atomic E-state index is 12.3. The lowest BCUT2D eigenvalue weighted by Gasteiger charge is -2.23. The Morgan fingerprint density at radius 2 is 1.43 bits per heavy atom. The minimum Gasteiger partial charge on any atom is -0.493 e. The third kappa shape index (κ3) is 13.6. The second-order valence-corrected chi connectivity index (χ2v) is 11.7. The van der Waals surface area contributed by atoms with Crippen molar-refractivity contribution in [2.24, 2.45) is 0 Å². The quantitative estimate of drug-likeness (QED) is 0.133. The number of hydrogen-bond donors (Lipinski definition) is 5. The first-order chi connectivity index (χ1) is 26.5. The lowest BCUT2D eigenvalue weighted by atomic mass is 9.94. The van der Waals surface area contributed by atoms with Gasteiger partial charge in [-0.3, -0.25) is 9.78 Å². The van der Waals surface area contributed by atoms with Gasteiger partial charge in [0, 0.05) is 48.5 Å². The van der Waals surface area contributed by atoms with Gasteiger partial charge in [0.1, 0.15) is 23.6 Å². The van der Waals surface area contributed by atoms with E-state index < -0.39 is 36.4 Å². The summed E-state index contributed by atoms with van der Waals surface area (Å²) in [4.78, 5) is 53.6. The lowest BCUT2D eigenvalue weighted by Crippen LogP contribution is -2.22. The van der Waals surface area contributed by atoms with Crippen LogP contribution in [-0.2, 0) is 20.9 Å². The number of anilines is 1. The van der Waals surface area contributed by atoms with E-state index in [1.165, 1.54) is 11.2 Å². The molecule has 0 aliphatic rings. The Morgan fingerprint density at radius 1 is 0.931 bits per heavy atom. The molecule has 1 aromatic carbocycles. The third-order valence-electron chi connectivity index (χ3n) is 6.95. The van der Waals surface area contributed by atoms with E-state index in [9.17, 15) is 44.3 Å². The molecule has 16 nitrogen and oxygen atoms in total. The van der Waals surface area contributed by atoms with E-state index in [1.807, 2.05) is 44.6 Å². The number of alkyl halides is 9. The molecule has 6 N–H and O–H groups in total. The smallest absolute Gasteiger partial charge is 0.490 e. The van der Waals surface area contributed by atoms with Crippen LogP contribution in [0.5, 0.6) is 5.75 Å². The number of hydrogen-bond acceptors (Lipinski definition) is 11. The predicted octanol–water partition coefficient (Wildman–Crippen LogP) is 5.76. The van der Waals surface area contributed by atoms with Gasteiger partial charge in [0.05, 0.1) is 23.7 Å². The number of pyridine rings is 1. The number of aromatic nitrogens is 5. The lowest BCUT2D eigenvalue weighted by molar-refractivity contribution is -0.193. The van der Waals surface area contributed by atoms with Gasteiger partial charge >= 0.3 is 36.4 Å². The van der Waals surface area contributed by atoms with Crippen molar-refractivity contribution in [3.05, 3.63) is 58.3 Å². The first-order valence-corrected chi connectivity index (χ1v) is 16.1. The number of ether oxygens (including phenoxy) is 1. The summed E-state index contributed by atoms with van der Waals surface area (Å²) in [5.74, 6) is -7.39. The summed E-state index contributed by atoms with van der Waals surface area (Å²) in [7, 11) is 5.23. The number of rotatable bonds is 8. The van der Waals surface area contributed by atoms with Crippen molar-refractivity contribution in [3.8, 4) is 16.9 Å². The van der Waals surface area contributed by atoms with Crippen LogP contribution in [0, 0.1) is 6.92 Å². The highest BCUT2D eigenvalue weighted by atomic mass is 35.5. The van der Waals surface area contributed by atoms with E-state index in [0.717, 1.165) is 27.9 Å². The second-order valence-electron chi connectivity index (χ2n) is 11.3. The van der Waals surface area contributed by atoms with E-state index in [-0.39, 0.29) is 11.9 Å². The normalized spacial score (nSPS) is 11.8.